The van der Waals surface area contributed by atoms with Crippen molar-refractivity contribution in [3.8, 4) is 0 Å². The second-order valence-corrected chi connectivity index (χ2v) is 2.31. The van der Waals surface area contributed by atoms with Gasteiger partial charge in [0.05, 0.1) is 6.04 Å². The van der Waals surface area contributed by atoms with Crippen molar-refractivity contribution in [1.82, 2.24) is 10.1 Å². The Labute approximate surface area is 67.7 Å². The van der Waals surface area contributed by atoms with Crippen LogP contribution in [0, 0.1) is 0 Å². The molecule has 0 aliphatic heterocycles. The molecule has 2 N–H and O–H groups in total. The van der Waals surface area contributed by atoms with Gasteiger partial charge in [-0.15, -0.1) is 0 Å². The number of nitrogens with zero attached hydrogens (tertiary/aromatic N) is 2. The lowest BCUT2D eigenvalue weighted by molar-refractivity contribution is 0.106. The summed E-state index contributed by atoms with van der Waals surface area (Å²) in [5.74, 6) is -0.540. The molecular formula is C6H9F2N3O. The van der Waals surface area contributed by atoms with Crippen LogP contribution in [0.3, 0.4) is 0 Å². The third kappa shape index (κ3) is 1.76. The Morgan fingerprint density at radius 1 is 1.58 bits per heavy atom. The van der Waals surface area contributed by atoms with E-state index in [9.17, 15) is 8.78 Å². The van der Waals surface area contributed by atoms with Crippen molar-refractivity contribution in [2.75, 3.05) is 0 Å². The maximum atomic E-state index is 11.9. The number of nitrogens with two attached hydrogens (primary N) is 1. The number of hydrogen-bond donors (Lipinski definition) is 1. The third-order valence-corrected chi connectivity index (χ3v) is 1.42. The van der Waals surface area contributed by atoms with Crippen molar-refractivity contribution >= 4 is 0 Å². The van der Waals surface area contributed by atoms with Gasteiger partial charge in [0.15, 0.2) is 5.82 Å². The number of aromatic nitrogens is 2. The largest absolute Gasteiger partial charge is 0.333 e. The maximum Gasteiger partial charge on any atom is 0.315 e. The van der Waals surface area contributed by atoms with Crippen LogP contribution in [0.15, 0.2) is 4.52 Å². The summed E-state index contributed by atoms with van der Waals surface area (Å²) in [4.78, 5) is 3.43. The van der Waals surface area contributed by atoms with Gasteiger partial charge in [0.1, 0.15) is 0 Å². The van der Waals surface area contributed by atoms with Crippen LogP contribution in [-0.2, 0) is 0 Å². The first-order valence-electron chi connectivity index (χ1n) is 3.52. The lowest BCUT2D eigenvalue weighted by Crippen LogP contribution is -2.10. The van der Waals surface area contributed by atoms with Crippen molar-refractivity contribution in [1.29, 1.82) is 0 Å². The monoisotopic (exact) mass is 177 g/mol. The lowest BCUT2D eigenvalue weighted by atomic mass is 10.2. The normalized spacial score (nSPS) is 13.8. The van der Waals surface area contributed by atoms with E-state index in [0.717, 1.165) is 0 Å². The molecule has 0 aliphatic rings. The molecule has 68 valence electrons. The Hall–Kier alpha value is -1.04. The van der Waals surface area contributed by atoms with Crippen LogP contribution in [0.4, 0.5) is 8.78 Å². The molecule has 0 spiro atoms. The van der Waals surface area contributed by atoms with Crippen molar-refractivity contribution in [2.45, 2.75) is 25.8 Å². The summed E-state index contributed by atoms with van der Waals surface area (Å²) in [5.41, 5.74) is 5.48. The molecule has 1 rings (SSSR count). The summed E-state index contributed by atoms with van der Waals surface area (Å²) in [6, 6.07) is -0.429. The fourth-order valence-corrected chi connectivity index (χ4v) is 0.669. The molecular weight excluding hydrogens is 168 g/mol. The lowest BCUT2D eigenvalue weighted by Gasteiger charge is -1.99. The van der Waals surface area contributed by atoms with E-state index in [1.807, 2.05) is 6.92 Å². The van der Waals surface area contributed by atoms with Crippen LogP contribution in [0.1, 0.15) is 37.5 Å². The Balaban J connectivity index is 2.77. The molecule has 0 bridgehead atoms. The van der Waals surface area contributed by atoms with E-state index in [2.05, 4.69) is 14.7 Å². The molecule has 1 aromatic rings. The van der Waals surface area contributed by atoms with Crippen molar-refractivity contribution < 1.29 is 13.3 Å². The Morgan fingerprint density at radius 2 is 2.25 bits per heavy atom. The Bertz CT molecular complexity index is 251. The first-order valence-corrected chi connectivity index (χ1v) is 3.52. The average Bonchev–Trinajstić information content (AvgIpc) is 2.51. The number of rotatable bonds is 3. The van der Waals surface area contributed by atoms with E-state index in [-0.39, 0.29) is 5.82 Å². The number of hydrogen-bond acceptors (Lipinski definition) is 4. The van der Waals surface area contributed by atoms with E-state index in [0.29, 0.717) is 6.42 Å². The summed E-state index contributed by atoms with van der Waals surface area (Å²) in [6.07, 6.45) is -2.14. The fraction of sp³-hybridized carbons (Fsp3) is 0.667. The Morgan fingerprint density at radius 3 is 2.67 bits per heavy atom. The summed E-state index contributed by atoms with van der Waals surface area (Å²) in [7, 11) is 0. The number of alkyl halides is 2. The average molecular weight is 177 g/mol. The van der Waals surface area contributed by atoms with Gasteiger partial charge in [-0.3, -0.25) is 0 Å². The van der Waals surface area contributed by atoms with Gasteiger partial charge in [0.25, 0.3) is 5.89 Å². The molecule has 12 heavy (non-hydrogen) atoms. The number of halogens is 2. The van der Waals surface area contributed by atoms with Gasteiger partial charge < -0.3 is 10.3 Å². The highest BCUT2D eigenvalue weighted by Gasteiger charge is 2.18. The minimum Gasteiger partial charge on any atom is -0.333 e. The van der Waals surface area contributed by atoms with Crippen LogP contribution < -0.4 is 5.73 Å². The minimum atomic E-state index is -2.73. The molecule has 0 aromatic carbocycles. The van der Waals surface area contributed by atoms with Crippen molar-refractivity contribution in [2.24, 2.45) is 5.73 Å². The molecule has 0 aliphatic carbocycles. The predicted molar refractivity (Wildman–Crippen MR) is 36.5 cm³/mol. The van der Waals surface area contributed by atoms with Crippen LogP contribution in [0.2, 0.25) is 0 Å². The van der Waals surface area contributed by atoms with Gasteiger partial charge in [-0.05, 0) is 6.42 Å². The van der Waals surface area contributed by atoms with Crippen LogP contribution in [0.25, 0.3) is 0 Å². The zero-order valence-corrected chi connectivity index (χ0v) is 6.50. The fourth-order valence-electron chi connectivity index (χ4n) is 0.669. The third-order valence-electron chi connectivity index (χ3n) is 1.42. The van der Waals surface area contributed by atoms with Crippen LogP contribution >= 0.6 is 0 Å². The molecule has 1 heterocycles. The van der Waals surface area contributed by atoms with Crippen LogP contribution in [-0.4, -0.2) is 10.1 Å². The first-order chi connectivity index (χ1) is 5.65. The van der Waals surface area contributed by atoms with E-state index < -0.39 is 18.4 Å². The van der Waals surface area contributed by atoms with E-state index in [4.69, 9.17) is 5.73 Å². The maximum absolute atomic E-state index is 11.9. The molecule has 0 fully saturated rings. The summed E-state index contributed by atoms with van der Waals surface area (Å²) in [5, 5.41) is 3.32. The van der Waals surface area contributed by atoms with E-state index in [1.165, 1.54) is 0 Å². The second-order valence-electron chi connectivity index (χ2n) is 2.31. The smallest absolute Gasteiger partial charge is 0.315 e. The van der Waals surface area contributed by atoms with Crippen LogP contribution in [0.5, 0.6) is 0 Å². The first kappa shape index (κ1) is 9.05. The van der Waals surface area contributed by atoms with Gasteiger partial charge in [-0.1, -0.05) is 12.1 Å². The van der Waals surface area contributed by atoms with Gasteiger partial charge in [0.2, 0.25) is 0 Å². The Kier molecular flexibility index (Phi) is 2.69. The van der Waals surface area contributed by atoms with Gasteiger partial charge in [0, 0.05) is 0 Å². The predicted octanol–water partition coefficient (Wildman–Crippen LogP) is 1.42. The highest BCUT2D eigenvalue weighted by molar-refractivity contribution is 4.92. The minimum absolute atomic E-state index is 0.132. The van der Waals surface area contributed by atoms with Gasteiger partial charge >= 0.3 is 6.43 Å². The zero-order chi connectivity index (χ0) is 9.14. The summed E-state index contributed by atoms with van der Waals surface area (Å²) < 4.78 is 28.1. The second kappa shape index (κ2) is 3.57. The molecule has 1 atom stereocenters. The topological polar surface area (TPSA) is 64.9 Å². The van der Waals surface area contributed by atoms with Crippen molar-refractivity contribution in [3.63, 3.8) is 0 Å². The molecule has 0 saturated heterocycles. The molecule has 4 nitrogen and oxygen atoms in total. The SMILES string of the molecule is CCC(N)c1noc(C(F)F)n1. The zero-order valence-electron chi connectivity index (χ0n) is 6.50. The summed E-state index contributed by atoms with van der Waals surface area (Å²) in [6.45, 7) is 1.81. The standard InChI is InChI=1S/C6H9F2N3O/c1-2-3(9)5-10-6(4(7)8)12-11-5/h3-4H,2,9H2,1H3. The van der Waals surface area contributed by atoms with Gasteiger partial charge in [-0.2, -0.15) is 13.8 Å². The summed E-state index contributed by atoms with van der Waals surface area (Å²) >= 11 is 0. The molecule has 1 aromatic heterocycles. The van der Waals surface area contributed by atoms with E-state index >= 15 is 0 Å². The molecule has 0 saturated carbocycles. The molecule has 0 radical (unpaired) electrons. The van der Waals surface area contributed by atoms with Gasteiger partial charge in [-0.25, -0.2) is 0 Å². The molecule has 6 heteroatoms. The van der Waals surface area contributed by atoms with Crippen molar-refractivity contribution in [3.05, 3.63) is 11.7 Å². The highest BCUT2D eigenvalue weighted by atomic mass is 19.3. The molecule has 1 unspecified atom stereocenters. The highest BCUT2D eigenvalue weighted by Crippen LogP contribution is 2.18. The van der Waals surface area contributed by atoms with E-state index in [1.54, 1.807) is 0 Å². The quantitative estimate of drug-likeness (QED) is 0.758. The molecule has 0 amide bonds.